The van der Waals surface area contributed by atoms with Gasteiger partial charge in [0.15, 0.2) is 0 Å². The minimum atomic E-state index is 0.778. The first-order valence-electron chi connectivity index (χ1n) is 8.65. The quantitative estimate of drug-likeness (QED) is 0.716. The minimum Gasteiger partial charge on any atom is -0.298 e. The lowest BCUT2D eigenvalue weighted by atomic mass is 9.78. The summed E-state index contributed by atoms with van der Waals surface area (Å²) in [7, 11) is 0. The van der Waals surface area contributed by atoms with Gasteiger partial charge < -0.3 is 0 Å². The number of piperidine rings is 1. The van der Waals surface area contributed by atoms with Crippen molar-refractivity contribution in [2.75, 3.05) is 19.6 Å². The second-order valence-corrected chi connectivity index (χ2v) is 7.61. The van der Waals surface area contributed by atoms with Gasteiger partial charge in [-0.15, -0.1) is 0 Å². The first kappa shape index (κ1) is 13.9. The fourth-order valence-corrected chi connectivity index (χ4v) is 4.70. The van der Waals surface area contributed by atoms with Gasteiger partial charge in [-0.1, -0.05) is 20.3 Å². The van der Waals surface area contributed by atoms with Gasteiger partial charge in [-0.2, -0.15) is 0 Å². The molecule has 0 spiro atoms. The molecule has 0 radical (unpaired) electrons. The molecule has 0 amide bonds. The van der Waals surface area contributed by atoms with E-state index in [4.69, 9.17) is 0 Å². The average Bonchev–Trinajstić information content (AvgIpc) is 2.41. The first-order valence-corrected chi connectivity index (χ1v) is 8.65. The molecule has 1 aliphatic carbocycles. The van der Waals surface area contributed by atoms with Gasteiger partial charge in [0, 0.05) is 31.2 Å². The summed E-state index contributed by atoms with van der Waals surface area (Å²) in [5.41, 5.74) is 0. The summed E-state index contributed by atoms with van der Waals surface area (Å²) in [6.45, 7) is 11.4. The molecule has 0 aromatic rings. The molecular weight excluding hydrogens is 232 g/mol. The van der Waals surface area contributed by atoms with Crippen LogP contribution in [0.25, 0.3) is 0 Å². The van der Waals surface area contributed by atoms with Crippen LogP contribution in [-0.4, -0.2) is 47.6 Å². The number of rotatable bonds is 1. The predicted octanol–water partition coefficient (Wildman–Crippen LogP) is 3.37. The van der Waals surface area contributed by atoms with Crippen molar-refractivity contribution in [3.8, 4) is 0 Å². The smallest absolute Gasteiger partial charge is 0.0224 e. The third-order valence-corrected chi connectivity index (χ3v) is 6.28. The molecule has 0 bridgehead atoms. The Bertz CT molecular complexity index is 304. The van der Waals surface area contributed by atoms with Gasteiger partial charge in [0.2, 0.25) is 0 Å². The summed E-state index contributed by atoms with van der Waals surface area (Å²) in [4.78, 5) is 5.66. The maximum atomic E-state index is 2.88. The molecule has 2 heteroatoms. The fraction of sp³-hybridized carbons (Fsp3) is 1.00. The van der Waals surface area contributed by atoms with Gasteiger partial charge in [0.05, 0.1) is 0 Å². The Hall–Kier alpha value is -0.0800. The summed E-state index contributed by atoms with van der Waals surface area (Å²) in [6.07, 6.45) is 8.68. The van der Waals surface area contributed by atoms with E-state index in [-0.39, 0.29) is 0 Å². The third-order valence-electron chi connectivity index (χ3n) is 6.28. The van der Waals surface area contributed by atoms with Crippen LogP contribution in [0, 0.1) is 11.8 Å². The summed E-state index contributed by atoms with van der Waals surface area (Å²) >= 11 is 0. The number of piperazine rings is 1. The van der Waals surface area contributed by atoms with Crippen LogP contribution in [0.15, 0.2) is 0 Å². The number of hydrogen-bond donors (Lipinski definition) is 0. The molecule has 3 rings (SSSR count). The molecule has 5 unspecified atom stereocenters. The van der Waals surface area contributed by atoms with Crippen molar-refractivity contribution in [3.05, 3.63) is 0 Å². The molecular formula is C17H32N2. The maximum Gasteiger partial charge on any atom is 0.0224 e. The molecule has 2 saturated heterocycles. The number of nitrogens with zero attached hydrogens (tertiary/aromatic N) is 2. The van der Waals surface area contributed by atoms with Crippen molar-refractivity contribution in [1.82, 2.24) is 9.80 Å². The summed E-state index contributed by atoms with van der Waals surface area (Å²) in [5, 5.41) is 0. The molecule has 2 heterocycles. The lowest BCUT2D eigenvalue weighted by molar-refractivity contribution is -0.0249. The van der Waals surface area contributed by atoms with E-state index in [2.05, 4.69) is 30.6 Å². The normalized spacial score (nSPS) is 45.9. The highest BCUT2D eigenvalue weighted by Crippen LogP contribution is 2.35. The molecule has 110 valence electrons. The highest BCUT2D eigenvalue weighted by atomic mass is 15.3. The van der Waals surface area contributed by atoms with Gasteiger partial charge in [-0.3, -0.25) is 9.80 Å². The van der Waals surface area contributed by atoms with E-state index < -0.39 is 0 Å². The molecule has 3 aliphatic rings. The van der Waals surface area contributed by atoms with Crippen LogP contribution in [0.1, 0.15) is 59.3 Å². The molecule has 2 aliphatic heterocycles. The largest absolute Gasteiger partial charge is 0.298 e. The zero-order valence-corrected chi connectivity index (χ0v) is 13.1. The Balaban J connectivity index is 1.64. The molecule has 0 aromatic carbocycles. The second-order valence-electron chi connectivity index (χ2n) is 7.61. The highest BCUT2D eigenvalue weighted by molar-refractivity contribution is 4.93. The highest BCUT2D eigenvalue weighted by Gasteiger charge is 2.38. The van der Waals surface area contributed by atoms with E-state index in [0.29, 0.717) is 0 Å². The Labute approximate surface area is 119 Å². The van der Waals surface area contributed by atoms with Gasteiger partial charge >= 0.3 is 0 Å². The summed E-state index contributed by atoms with van der Waals surface area (Å²) < 4.78 is 0. The lowest BCUT2D eigenvalue weighted by Crippen LogP contribution is -2.61. The van der Waals surface area contributed by atoms with E-state index in [1.165, 1.54) is 58.2 Å². The Morgan fingerprint density at radius 1 is 0.789 bits per heavy atom. The van der Waals surface area contributed by atoms with Gasteiger partial charge in [-0.25, -0.2) is 0 Å². The predicted molar refractivity (Wildman–Crippen MR) is 81.3 cm³/mol. The Kier molecular flexibility index (Phi) is 4.19. The van der Waals surface area contributed by atoms with Crippen molar-refractivity contribution in [2.45, 2.75) is 77.4 Å². The molecule has 0 aromatic heterocycles. The van der Waals surface area contributed by atoms with Gasteiger partial charge in [0.1, 0.15) is 0 Å². The zero-order valence-electron chi connectivity index (χ0n) is 13.1. The Morgan fingerprint density at radius 2 is 1.63 bits per heavy atom. The van der Waals surface area contributed by atoms with E-state index in [1.807, 2.05) is 0 Å². The molecule has 1 saturated carbocycles. The van der Waals surface area contributed by atoms with Crippen LogP contribution < -0.4 is 0 Å². The summed E-state index contributed by atoms with van der Waals surface area (Å²) in [6, 6.07) is 2.53. The topological polar surface area (TPSA) is 6.48 Å². The van der Waals surface area contributed by atoms with Crippen molar-refractivity contribution in [2.24, 2.45) is 11.8 Å². The molecule has 2 nitrogen and oxygen atoms in total. The number of hydrogen-bond acceptors (Lipinski definition) is 2. The number of fused-ring (bicyclic) bond motifs is 1. The summed E-state index contributed by atoms with van der Waals surface area (Å²) in [5.74, 6) is 1.87. The zero-order chi connectivity index (χ0) is 13.4. The standard InChI is InChI=1S/C17H32N2/c1-13-7-8-16(10-14(13)2)19-12-17-6-4-5-9-18(17)11-15(19)3/h13-17H,4-12H2,1-3H3. The molecule has 19 heavy (non-hydrogen) atoms. The van der Waals surface area contributed by atoms with Gasteiger partial charge in [0.25, 0.3) is 0 Å². The monoisotopic (exact) mass is 264 g/mol. The second kappa shape index (κ2) is 5.73. The fourth-order valence-electron chi connectivity index (χ4n) is 4.70. The van der Waals surface area contributed by atoms with Crippen molar-refractivity contribution < 1.29 is 0 Å². The van der Waals surface area contributed by atoms with E-state index in [0.717, 1.165) is 30.0 Å². The van der Waals surface area contributed by atoms with E-state index in [9.17, 15) is 0 Å². The minimum absolute atomic E-state index is 0.778. The first-order chi connectivity index (χ1) is 9.15. The van der Waals surface area contributed by atoms with Crippen LogP contribution in [0.4, 0.5) is 0 Å². The van der Waals surface area contributed by atoms with Crippen LogP contribution in [0.5, 0.6) is 0 Å². The van der Waals surface area contributed by atoms with Crippen LogP contribution in [-0.2, 0) is 0 Å². The van der Waals surface area contributed by atoms with E-state index >= 15 is 0 Å². The van der Waals surface area contributed by atoms with Crippen LogP contribution in [0.3, 0.4) is 0 Å². The molecule has 3 fully saturated rings. The van der Waals surface area contributed by atoms with Crippen molar-refractivity contribution in [1.29, 1.82) is 0 Å². The van der Waals surface area contributed by atoms with Crippen molar-refractivity contribution in [3.63, 3.8) is 0 Å². The lowest BCUT2D eigenvalue weighted by Gasteiger charge is -2.51. The van der Waals surface area contributed by atoms with Crippen LogP contribution >= 0.6 is 0 Å². The van der Waals surface area contributed by atoms with E-state index in [1.54, 1.807) is 0 Å². The SMILES string of the molecule is CC1CCC(N2CC3CCCCN3CC2C)CC1C. The maximum absolute atomic E-state index is 2.88. The Morgan fingerprint density at radius 3 is 2.42 bits per heavy atom. The molecule has 5 atom stereocenters. The van der Waals surface area contributed by atoms with Crippen LogP contribution in [0.2, 0.25) is 0 Å². The van der Waals surface area contributed by atoms with Crippen molar-refractivity contribution >= 4 is 0 Å². The van der Waals surface area contributed by atoms with Gasteiger partial charge in [-0.05, 0) is 57.4 Å². The molecule has 0 N–H and O–H groups in total. The third kappa shape index (κ3) is 2.85. The average molecular weight is 264 g/mol.